The van der Waals surface area contributed by atoms with Crippen LogP contribution in [-0.2, 0) is 27.1 Å². The molecule has 2 rings (SSSR count). The third-order valence-electron chi connectivity index (χ3n) is 4.75. The van der Waals surface area contributed by atoms with Gasteiger partial charge in [-0.2, -0.15) is 0 Å². The van der Waals surface area contributed by atoms with Gasteiger partial charge in [0.1, 0.15) is 0 Å². The Morgan fingerprint density at radius 1 is 0.630 bits per heavy atom. The fourth-order valence-electron chi connectivity index (χ4n) is 3.40. The maximum atomic E-state index is 6.51. The summed E-state index contributed by atoms with van der Waals surface area (Å²) in [5.74, 6) is -1.38. The molecule has 0 aliphatic rings. The second kappa shape index (κ2) is 10.6. The van der Waals surface area contributed by atoms with Crippen LogP contribution in [-0.4, -0.2) is 24.8 Å². The van der Waals surface area contributed by atoms with E-state index in [0.717, 1.165) is 25.7 Å². The summed E-state index contributed by atoms with van der Waals surface area (Å²) in [4.78, 5) is 0. The van der Waals surface area contributed by atoms with Crippen molar-refractivity contribution in [3.05, 3.63) is 71.8 Å². The molecule has 2 atom stereocenters. The molecule has 27 heavy (non-hydrogen) atoms. The van der Waals surface area contributed by atoms with Gasteiger partial charge in [-0.05, 0) is 51.7 Å². The fourth-order valence-corrected chi connectivity index (χ4v) is 3.40. The number of hydrogen-bond acceptors (Lipinski definition) is 3. The van der Waals surface area contributed by atoms with E-state index in [1.165, 1.54) is 11.1 Å². The Bertz CT molecular complexity index is 586. The summed E-state index contributed by atoms with van der Waals surface area (Å²) in [5.41, 5.74) is 2.57. The molecule has 0 bridgehead atoms. The molecule has 148 valence electrons. The predicted octanol–water partition coefficient (Wildman–Crippen LogP) is 5.77. The SMILES string of the molecule is CCOC(C)(CCc1ccccc1)OC(C)(CCc1ccccc1)OCC. The third-order valence-corrected chi connectivity index (χ3v) is 4.75. The summed E-state index contributed by atoms with van der Waals surface area (Å²) in [5, 5.41) is 0. The van der Waals surface area contributed by atoms with Crippen LogP contribution in [0.4, 0.5) is 0 Å². The molecular weight excluding hydrogens is 336 g/mol. The maximum Gasteiger partial charge on any atom is 0.169 e. The van der Waals surface area contributed by atoms with Crippen LogP contribution >= 0.6 is 0 Å². The van der Waals surface area contributed by atoms with Crippen molar-refractivity contribution < 1.29 is 14.2 Å². The minimum atomic E-state index is -0.689. The number of rotatable bonds is 12. The Hall–Kier alpha value is -1.68. The molecule has 0 saturated carbocycles. The van der Waals surface area contributed by atoms with Crippen LogP contribution in [0.3, 0.4) is 0 Å². The molecule has 0 amide bonds. The standard InChI is InChI=1S/C24H34O3/c1-5-25-23(3,19-17-21-13-9-7-10-14-21)27-24(4,26-6-2)20-18-22-15-11-8-12-16-22/h7-16H,5-6,17-20H2,1-4H3. The first-order valence-electron chi connectivity index (χ1n) is 10.0. The molecule has 0 radical (unpaired) electrons. The van der Waals surface area contributed by atoms with Gasteiger partial charge in [-0.25, -0.2) is 0 Å². The van der Waals surface area contributed by atoms with Crippen molar-refractivity contribution in [3.8, 4) is 0 Å². The van der Waals surface area contributed by atoms with Crippen LogP contribution in [0.25, 0.3) is 0 Å². The van der Waals surface area contributed by atoms with Crippen molar-refractivity contribution in [2.24, 2.45) is 0 Å². The van der Waals surface area contributed by atoms with E-state index in [1.54, 1.807) is 0 Å². The van der Waals surface area contributed by atoms with Gasteiger partial charge in [0.05, 0.1) is 0 Å². The zero-order chi connectivity index (χ0) is 19.6. The third kappa shape index (κ3) is 7.45. The molecule has 2 unspecified atom stereocenters. The van der Waals surface area contributed by atoms with Gasteiger partial charge < -0.3 is 14.2 Å². The largest absolute Gasteiger partial charge is 0.350 e. The first-order chi connectivity index (χ1) is 13.0. The number of ether oxygens (including phenoxy) is 3. The molecule has 0 heterocycles. The Balaban J connectivity index is 2.05. The summed E-state index contributed by atoms with van der Waals surface area (Å²) in [7, 11) is 0. The monoisotopic (exact) mass is 370 g/mol. The molecular formula is C24H34O3. The van der Waals surface area contributed by atoms with Crippen LogP contribution in [0, 0.1) is 0 Å². The zero-order valence-electron chi connectivity index (χ0n) is 17.2. The van der Waals surface area contributed by atoms with Gasteiger partial charge in [0.25, 0.3) is 0 Å². The summed E-state index contributed by atoms with van der Waals surface area (Å²) < 4.78 is 18.6. The van der Waals surface area contributed by atoms with E-state index in [-0.39, 0.29) is 0 Å². The van der Waals surface area contributed by atoms with E-state index in [2.05, 4.69) is 48.5 Å². The second-order valence-corrected chi connectivity index (χ2v) is 7.21. The minimum absolute atomic E-state index is 0.603. The van der Waals surface area contributed by atoms with E-state index < -0.39 is 11.6 Å². The molecule has 0 aromatic heterocycles. The van der Waals surface area contributed by atoms with Crippen LogP contribution < -0.4 is 0 Å². The first kappa shape index (κ1) is 21.6. The van der Waals surface area contributed by atoms with Crippen molar-refractivity contribution in [3.63, 3.8) is 0 Å². The Kier molecular flexibility index (Phi) is 8.49. The highest BCUT2D eigenvalue weighted by Gasteiger charge is 2.37. The molecule has 3 heteroatoms. The Morgan fingerprint density at radius 2 is 1.00 bits per heavy atom. The van der Waals surface area contributed by atoms with E-state index in [1.807, 2.05) is 39.8 Å². The summed E-state index contributed by atoms with van der Waals surface area (Å²) in [6.45, 7) is 9.27. The lowest BCUT2D eigenvalue weighted by atomic mass is 10.0. The predicted molar refractivity (Wildman–Crippen MR) is 111 cm³/mol. The lowest BCUT2D eigenvalue weighted by Gasteiger charge is -2.40. The minimum Gasteiger partial charge on any atom is -0.350 e. The van der Waals surface area contributed by atoms with Gasteiger partial charge in [0.15, 0.2) is 11.6 Å². The molecule has 2 aromatic carbocycles. The van der Waals surface area contributed by atoms with Crippen molar-refractivity contribution in [2.45, 2.75) is 65.0 Å². The van der Waals surface area contributed by atoms with Crippen molar-refractivity contribution in [1.82, 2.24) is 0 Å². The summed E-state index contributed by atoms with van der Waals surface area (Å²) in [6.07, 6.45) is 3.36. The molecule has 3 nitrogen and oxygen atoms in total. The van der Waals surface area contributed by atoms with Crippen molar-refractivity contribution in [1.29, 1.82) is 0 Å². The maximum absolute atomic E-state index is 6.51. The van der Waals surface area contributed by atoms with Crippen LogP contribution in [0.2, 0.25) is 0 Å². The molecule has 0 fully saturated rings. The van der Waals surface area contributed by atoms with Crippen LogP contribution in [0.5, 0.6) is 0 Å². The smallest absolute Gasteiger partial charge is 0.169 e. The lowest BCUT2D eigenvalue weighted by molar-refractivity contribution is -0.349. The van der Waals surface area contributed by atoms with E-state index in [9.17, 15) is 0 Å². The van der Waals surface area contributed by atoms with Gasteiger partial charge in [-0.3, -0.25) is 0 Å². The van der Waals surface area contributed by atoms with Crippen molar-refractivity contribution >= 4 is 0 Å². The van der Waals surface area contributed by atoms with Crippen LogP contribution in [0.15, 0.2) is 60.7 Å². The zero-order valence-corrected chi connectivity index (χ0v) is 17.2. The molecule has 2 aromatic rings. The van der Waals surface area contributed by atoms with E-state index in [0.29, 0.717) is 13.2 Å². The number of benzene rings is 2. The molecule has 0 spiro atoms. The molecule has 0 aliphatic heterocycles. The lowest BCUT2D eigenvalue weighted by Crippen LogP contribution is -2.45. The Labute approximate surface area is 164 Å². The van der Waals surface area contributed by atoms with Gasteiger partial charge in [0, 0.05) is 26.1 Å². The van der Waals surface area contributed by atoms with Gasteiger partial charge in [-0.1, -0.05) is 60.7 Å². The Morgan fingerprint density at radius 3 is 1.33 bits per heavy atom. The average molecular weight is 371 g/mol. The summed E-state index contributed by atoms with van der Waals surface area (Å²) in [6, 6.07) is 20.9. The highest BCUT2D eigenvalue weighted by Crippen LogP contribution is 2.31. The molecule has 0 saturated heterocycles. The number of aryl methyl sites for hydroxylation is 2. The normalized spacial score (nSPS) is 15.9. The average Bonchev–Trinajstić information content (AvgIpc) is 2.67. The molecule has 0 aliphatic carbocycles. The van der Waals surface area contributed by atoms with Gasteiger partial charge in [0.2, 0.25) is 0 Å². The highest BCUT2D eigenvalue weighted by molar-refractivity contribution is 5.15. The van der Waals surface area contributed by atoms with Crippen molar-refractivity contribution in [2.75, 3.05) is 13.2 Å². The van der Waals surface area contributed by atoms with Crippen LogP contribution in [0.1, 0.15) is 51.7 Å². The first-order valence-corrected chi connectivity index (χ1v) is 10.0. The molecule has 0 N–H and O–H groups in total. The van der Waals surface area contributed by atoms with Gasteiger partial charge in [-0.15, -0.1) is 0 Å². The summed E-state index contributed by atoms with van der Waals surface area (Å²) >= 11 is 0. The quantitative estimate of drug-likeness (QED) is 0.444. The topological polar surface area (TPSA) is 27.7 Å². The van der Waals surface area contributed by atoms with Gasteiger partial charge >= 0.3 is 0 Å². The van der Waals surface area contributed by atoms with E-state index in [4.69, 9.17) is 14.2 Å². The van der Waals surface area contributed by atoms with E-state index >= 15 is 0 Å². The number of hydrogen-bond donors (Lipinski definition) is 0. The second-order valence-electron chi connectivity index (χ2n) is 7.21. The fraction of sp³-hybridized carbons (Fsp3) is 0.500. The highest BCUT2D eigenvalue weighted by atomic mass is 16.8.